The number of anilines is 1. The van der Waals surface area contributed by atoms with Gasteiger partial charge in [-0.15, -0.1) is 0 Å². The Balaban J connectivity index is 1.96. The Morgan fingerprint density at radius 2 is 1.84 bits per heavy atom. The first-order chi connectivity index (χ1) is 15.2. The first-order valence-electron chi connectivity index (χ1n) is 9.76. The van der Waals surface area contributed by atoms with Gasteiger partial charge in [0.25, 0.3) is 0 Å². The number of aromatic nitrogens is 1. The number of hydrogen-bond acceptors (Lipinski definition) is 4. The Hall–Kier alpha value is -3.82. The van der Waals surface area contributed by atoms with Gasteiger partial charge in [-0.2, -0.15) is 0 Å². The average molecular weight is 445 g/mol. The molecule has 2 aromatic carbocycles. The van der Waals surface area contributed by atoms with Crippen LogP contribution in [0.5, 0.6) is 0 Å². The van der Waals surface area contributed by atoms with Crippen molar-refractivity contribution in [2.45, 2.75) is 19.4 Å². The summed E-state index contributed by atoms with van der Waals surface area (Å²) in [6.45, 7) is 1.77. The van der Waals surface area contributed by atoms with Crippen LogP contribution in [-0.2, 0) is 4.79 Å². The van der Waals surface area contributed by atoms with Crippen molar-refractivity contribution in [1.29, 1.82) is 0 Å². The van der Waals surface area contributed by atoms with E-state index in [1.54, 1.807) is 0 Å². The van der Waals surface area contributed by atoms with Crippen molar-refractivity contribution in [1.82, 2.24) is 9.88 Å². The topological polar surface area (TPSA) is 91.6 Å². The molecule has 1 unspecified atom stereocenters. The molecule has 1 saturated heterocycles. The first kappa shape index (κ1) is 21.4. The Labute approximate surface area is 179 Å². The number of hydrogen-bond donors (Lipinski definition) is 2. The lowest BCUT2D eigenvalue weighted by molar-refractivity contribution is -0.119. The van der Waals surface area contributed by atoms with Crippen molar-refractivity contribution in [3.8, 4) is 5.69 Å². The van der Waals surface area contributed by atoms with E-state index in [1.165, 1.54) is 24.0 Å². The number of amides is 1. The molecule has 32 heavy (non-hydrogen) atoms. The molecule has 0 saturated carbocycles. The molecule has 1 aromatic heterocycles. The first-order valence-corrected chi connectivity index (χ1v) is 9.76. The molecule has 0 bridgehead atoms. The standard InChI is InChI=1S/C22H18F3N3O4/c1-11(29)26-13-6-7-27(9-13)20-17(24)8-15-19(18(20)25)28(10-16(21(15)30)22(31)32)14-4-2-12(23)3-5-14/h2-5,8,10,13H,6-7,9H2,1H3,(H,26,29)(H,31,32). The lowest BCUT2D eigenvalue weighted by Crippen LogP contribution is -2.36. The molecule has 1 amide bonds. The van der Waals surface area contributed by atoms with E-state index in [4.69, 9.17) is 0 Å². The predicted octanol–water partition coefficient (Wildman–Crippen LogP) is 2.82. The molecular formula is C22H18F3N3O4. The van der Waals surface area contributed by atoms with Crippen molar-refractivity contribution < 1.29 is 27.9 Å². The quantitative estimate of drug-likeness (QED) is 0.645. The molecule has 0 aliphatic carbocycles. The summed E-state index contributed by atoms with van der Waals surface area (Å²) in [5, 5.41) is 11.7. The average Bonchev–Trinajstić information content (AvgIpc) is 3.16. The molecule has 1 aliphatic rings. The third-order valence-corrected chi connectivity index (χ3v) is 5.40. The molecule has 1 fully saturated rings. The fourth-order valence-electron chi connectivity index (χ4n) is 4.02. The number of aromatic carboxylic acids is 1. The van der Waals surface area contributed by atoms with Gasteiger partial charge in [0.1, 0.15) is 22.9 Å². The molecule has 1 atom stereocenters. The van der Waals surface area contributed by atoms with Crippen LogP contribution in [0.15, 0.2) is 41.3 Å². The summed E-state index contributed by atoms with van der Waals surface area (Å²) in [5.74, 6) is -4.46. The second-order valence-corrected chi connectivity index (χ2v) is 7.57. The van der Waals surface area contributed by atoms with Gasteiger partial charge >= 0.3 is 5.97 Å². The van der Waals surface area contributed by atoms with Crippen LogP contribution >= 0.6 is 0 Å². The van der Waals surface area contributed by atoms with Gasteiger partial charge in [0, 0.05) is 37.9 Å². The van der Waals surface area contributed by atoms with Crippen LogP contribution in [0.4, 0.5) is 18.9 Å². The molecule has 2 heterocycles. The second-order valence-electron chi connectivity index (χ2n) is 7.57. The van der Waals surface area contributed by atoms with E-state index in [0.29, 0.717) is 6.42 Å². The number of benzene rings is 2. The molecule has 166 valence electrons. The number of rotatable bonds is 4. The van der Waals surface area contributed by atoms with Gasteiger partial charge in [-0.1, -0.05) is 0 Å². The van der Waals surface area contributed by atoms with E-state index in [2.05, 4.69) is 5.32 Å². The van der Waals surface area contributed by atoms with Crippen LogP contribution in [0, 0.1) is 17.5 Å². The summed E-state index contributed by atoms with van der Waals surface area (Å²) in [4.78, 5) is 37.0. The van der Waals surface area contributed by atoms with Crippen molar-refractivity contribution in [3.63, 3.8) is 0 Å². The maximum Gasteiger partial charge on any atom is 0.341 e. The van der Waals surface area contributed by atoms with Crippen molar-refractivity contribution >= 4 is 28.5 Å². The maximum atomic E-state index is 15.8. The SMILES string of the molecule is CC(=O)NC1CCN(c2c(F)cc3c(=O)c(C(=O)O)cn(-c4ccc(F)cc4)c3c2F)C1. The molecular weight excluding hydrogens is 427 g/mol. The number of carboxylic acids is 1. The van der Waals surface area contributed by atoms with Gasteiger partial charge in [0.05, 0.1) is 10.9 Å². The number of carboxylic acid groups (broad SMARTS) is 1. The van der Waals surface area contributed by atoms with Gasteiger partial charge in [0.2, 0.25) is 11.3 Å². The van der Waals surface area contributed by atoms with Crippen molar-refractivity contribution in [2.75, 3.05) is 18.0 Å². The minimum atomic E-state index is -1.56. The van der Waals surface area contributed by atoms with E-state index in [1.807, 2.05) is 0 Å². The van der Waals surface area contributed by atoms with E-state index in [-0.39, 0.29) is 41.9 Å². The summed E-state index contributed by atoms with van der Waals surface area (Å²) >= 11 is 0. The van der Waals surface area contributed by atoms with Crippen LogP contribution in [-0.4, -0.2) is 40.7 Å². The molecule has 3 aromatic rings. The Bertz CT molecular complexity index is 1300. The van der Waals surface area contributed by atoms with Gasteiger partial charge in [-0.3, -0.25) is 9.59 Å². The summed E-state index contributed by atoms with van der Waals surface area (Å²) in [6.07, 6.45) is 1.41. The third-order valence-electron chi connectivity index (χ3n) is 5.40. The van der Waals surface area contributed by atoms with Gasteiger partial charge in [-0.05, 0) is 36.8 Å². The van der Waals surface area contributed by atoms with Crippen LogP contribution < -0.4 is 15.6 Å². The predicted molar refractivity (Wildman–Crippen MR) is 111 cm³/mol. The van der Waals surface area contributed by atoms with E-state index in [9.17, 15) is 23.9 Å². The van der Waals surface area contributed by atoms with Crippen LogP contribution in [0.1, 0.15) is 23.7 Å². The highest BCUT2D eigenvalue weighted by Gasteiger charge is 2.30. The van der Waals surface area contributed by atoms with Crippen LogP contribution in [0.25, 0.3) is 16.6 Å². The monoisotopic (exact) mass is 445 g/mol. The lowest BCUT2D eigenvalue weighted by atomic mass is 10.1. The lowest BCUT2D eigenvalue weighted by Gasteiger charge is -2.22. The molecule has 7 nitrogen and oxygen atoms in total. The largest absolute Gasteiger partial charge is 0.477 e. The zero-order valence-corrected chi connectivity index (χ0v) is 16.9. The van der Waals surface area contributed by atoms with Gasteiger partial charge in [0.15, 0.2) is 5.82 Å². The normalized spacial score (nSPS) is 15.9. The van der Waals surface area contributed by atoms with E-state index in [0.717, 1.165) is 29.0 Å². The Kier molecular flexibility index (Phi) is 5.37. The molecule has 1 aliphatic heterocycles. The fourth-order valence-corrected chi connectivity index (χ4v) is 4.02. The van der Waals surface area contributed by atoms with Crippen LogP contribution in [0.2, 0.25) is 0 Å². The van der Waals surface area contributed by atoms with Gasteiger partial charge < -0.3 is 19.9 Å². The molecule has 0 radical (unpaired) electrons. The molecule has 10 heteroatoms. The van der Waals surface area contributed by atoms with Crippen molar-refractivity contribution in [2.24, 2.45) is 0 Å². The van der Waals surface area contributed by atoms with Crippen LogP contribution in [0.3, 0.4) is 0 Å². The Morgan fingerprint density at radius 1 is 1.16 bits per heavy atom. The van der Waals surface area contributed by atoms with E-state index >= 15 is 8.78 Å². The number of carbonyl (C=O) groups excluding carboxylic acids is 1. The summed E-state index contributed by atoms with van der Waals surface area (Å²) in [5.41, 5.74) is -2.24. The number of fused-ring (bicyclic) bond motifs is 1. The maximum absolute atomic E-state index is 15.8. The zero-order chi connectivity index (χ0) is 23.2. The number of carbonyl (C=O) groups is 2. The minimum absolute atomic E-state index is 0.160. The van der Waals surface area contributed by atoms with Gasteiger partial charge in [-0.25, -0.2) is 18.0 Å². The minimum Gasteiger partial charge on any atom is -0.477 e. The summed E-state index contributed by atoms with van der Waals surface area (Å²) in [6, 6.07) is 5.29. The van der Waals surface area contributed by atoms with Crippen molar-refractivity contribution in [3.05, 3.63) is 69.8 Å². The molecule has 2 N–H and O–H groups in total. The Morgan fingerprint density at radius 3 is 2.47 bits per heavy atom. The molecule has 0 spiro atoms. The smallest absolute Gasteiger partial charge is 0.341 e. The highest BCUT2D eigenvalue weighted by atomic mass is 19.1. The van der Waals surface area contributed by atoms with E-state index < -0.39 is 39.8 Å². The number of nitrogens with one attached hydrogen (secondary N) is 1. The fraction of sp³-hybridized carbons (Fsp3) is 0.227. The summed E-state index contributed by atoms with van der Waals surface area (Å²) < 4.78 is 45.3. The number of nitrogens with zero attached hydrogens (tertiary/aromatic N) is 2. The number of pyridine rings is 1. The molecule has 4 rings (SSSR count). The number of halogens is 3. The third kappa shape index (κ3) is 3.68. The summed E-state index contributed by atoms with van der Waals surface area (Å²) in [7, 11) is 0. The second kappa shape index (κ2) is 8.03. The highest BCUT2D eigenvalue weighted by Crippen LogP contribution is 2.33. The zero-order valence-electron chi connectivity index (χ0n) is 16.9. The highest BCUT2D eigenvalue weighted by molar-refractivity contribution is 5.94.